The maximum Gasteiger partial charge on any atom is 0.410 e. The zero-order valence-electron chi connectivity index (χ0n) is 11.2. The number of hydrogen-bond donors (Lipinski definition) is 1. The fourth-order valence-corrected chi connectivity index (χ4v) is 2.10. The number of carboxylic acids is 1. The predicted octanol–water partition coefficient (Wildman–Crippen LogP) is 2.16. The molecule has 1 fully saturated rings. The van der Waals surface area contributed by atoms with Gasteiger partial charge < -0.3 is 14.7 Å². The van der Waals surface area contributed by atoms with E-state index in [9.17, 15) is 18.4 Å². The van der Waals surface area contributed by atoms with Crippen molar-refractivity contribution in [1.29, 1.82) is 0 Å². The highest BCUT2D eigenvalue weighted by Crippen LogP contribution is 2.30. The molecule has 2 rings (SSSR count). The second-order valence-electron chi connectivity index (χ2n) is 4.87. The van der Waals surface area contributed by atoms with Gasteiger partial charge in [-0.1, -0.05) is 30.3 Å². The predicted molar refractivity (Wildman–Crippen MR) is 69.2 cm³/mol. The molecule has 2 unspecified atom stereocenters. The number of rotatable bonds is 3. The van der Waals surface area contributed by atoms with Crippen LogP contribution in [0, 0.1) is 0 Å². The van der Waals surface area contributed by atoms with E-state index < -0.39 is 36.9 Å². The first kappa shape index (κ1) is 15.2. The van der Waals surface area contributed by atoms with E-state index in [1.54, 1.807) is 24.3 Å². The number of ether oxygens (including phenoxy) is 1. The smallest absolute Gasteiger partial charge is 0.410 e. The lowest BCUT2D eigenvalue weighted by molar-refractivity contribution is -0.160. The second kappa shape index (κ2) is 6.07. The SMILES string of the molecule is O=C(OCc1ccccc1)N1CCC(F)(C(=O)O)C(F)C1. The van der Waals surface area contributed by atoms with Gasteiger partial charge in [-0.05, 0) is 5.56 Å². The van der Waals surface area contributed by atoms with Gasteiger partial charge in [-0.3, -0.25) is 0 Å². The number of piperidine rings is 1. The fraction of sp³-hybridized carbons (Fsp3) is 0.429. The van der Waals surface area contributed by atoms with E-state index in [-0.39, 0.29) is 13.2 Å². The molecule has 21 heavy (non-hydrogen) atoms. The molecule has 2 atom stereocenters. The van der Waals surface area contributed by atoms with E-state index in [0.29, 0.717) is 0 Å². The highest BCUT2D eigenvalue weighted by atomic mass is 19.2. The first-order valence-corrected chi connectivity index (χ1v) is 6.45. The summed E-state index contributed by atoms with van der Waals surface area (Å²) in [4.78, 5) is 23.5. The third kappa shape index (κ3) is 3.29. The standard InChI is InChI=1S/C14H15F2NO4/c15-11-8-17(7-6-14(11,16)12(18)19)13(20)21-9-10-4-2-1-3-5-10/h1-5,11H,6-9H2,(H,18,19). The molecule has 0 bridgehead atoms. The van der Waals surface area contributed by atoms with Gasteiger partial charge in [-0.2, -0.15) is 0 Å². The van der Waals surface area contributed by atoms with Gasteiger partial charge in [0.05, 0.1) is 6.54 Å². The Balaban J connectivity index is 1.89. The van der Waals surface area contributed by atoms with Crippen molar-refractivity contribution < 1.29 is 28.2 Å². The van der Waals surface area contributed by atoms with Gasteiger partial charge in [0, 0.05) is 13.0 Å². The molecule has 1 aliphatic rings. The molecule has 0 aliphatic carbocycles. The number of halogens is 2. The van der Waals surface area contributed by atoms with Crippen molar-refractivity contribution in [2.45, 2.75) is 24.9 Å². The number of alkyl halides is 2. The van der Waals surface area contributed by atoms with Crippen LogP contribution in [0.4, 0.5) is 13.6 Å². The van der Waals surface area contributed by atoms with Crippen molar-refractivity contribution in [1.82, 2.24) is 4.90 Å². The Morgan fingerprint density at radius 3 is 2.62 bits per heavy atom. The largest absolute Gasteiger partial charge is 0.479 e. The molecule has 114 valence electrons. The first-order chi connectivity index (χ1) is 9.93. The van der Waals surface area contributed by atoms with Gasteiger partial charge in [0.1, 0.15) is 6.61 Å². The summed E-state index contributed by atoms with van der Waals surface area (Å²) in [5.41, 5.74) is -2.17. The van der Waals surface area contributed by atoms with Gasteiger partial charge in [-0.25, -0.2) is 18.4 Å². The number of carbonyl (C=O) groups is 2. The molecule has 0 spiro atoms. The molecule has 0 aromatic heterocycles. The van der Waals surface area contributed by atoms with E-state index in [1.807, 2.05) is 6.07 Å². The molecule has 1 saturated heterocycles. The van der Waals surface area contributed by atoms with Crippen molar-refractivity contribution in [2.75, 3.05) is 13.1 Å². The minimum Gasteiger partial charge on any atom is -0.479 e. The van der Waals surface area contributed by atoms with Gasteiger partial charge in [-0.15, -0.1) is 0 Å². The Kier molecular flexibility index (Phi) is 4.40. The molecular formula is C14H15F2NO4. The molecule has 1 heterocycles. The van der Waals surface area contributed by atoms with Crippen LogP contribution in [0.25, 0.3) is 0 Å². The lowest BCUT2D eigenvalue weighted by Gasteiger charge is -2.35. The molecule has 0 saturated carbocycles. The molecule has 1 aliphatic heterocycles. The van der Waals surface area contributed by atoms with Gasteiger partial charge in [0.15, 0.2) is 6.17 Å². The van der Waals surface area contributed by atoms with E-state index in [4.69, 9.17) is 9.84 Å². The first-order valence-electron chi connectivity index (χ1n) is 6.45. The highest BCUT2D eigenvalue weighted by molar-refractivity contribution is 5.79. The lowest BCUT2D eigenvalue weighted by atomic mass is 9.92. The summed E-state index contributed by atoms with van der Waals surface area (Å²) in [5.74, 6) is -1.84. The third-order valence-corrected chi connectivity index (χ3v) is 3.44. The summed E-state index contributed by atoms with van der Waals surface area (Å²) in [7, 11) is 0. The van der Waals surface area contributed by atoms with Crippen molar-refractivity contribution in [2.24, 2.45) is 0 Å². The van der Waals surface area contributed by atoms with Crippen LogP contribution >= 0.6 is 0 Å². The van der Waals surface area contributed by atoms with E-state index in [2.05, 4.69) is 0 Å². The van der Waals surface area contributed by atoms with Crippen LogP contribution < -0.4 is 0 Å². The lowest BCUT2D eigenvalue weighted by Crippen LogP contribution is -2.56. The molecule has 1 aromatic rings. The summed E-state index contributed by atoms with van der Waals surface area (Å²) in [6.45, 7) is -0.805. The van der Waals surface area contributed by atoms with Crippen LogP contribution in [0.1, 0.15) is 12.0 Å². The van der Waals surface area contributed by atoms with Gasteiger partial charge in [0.2, 0.25) is 5.67 Å². The van der Waals surface area contributed by atoms with Crippen molar-refractivity contribution in [3.8, 4) is 0 Å². The molecule has 5 nitrogen and oxygen atoms in total. The van der Waals surface area contributed by atoms with Crippen molar-refractivity contribution in [3.05, 3.63) is 35.9 Å². The van der Waals surface area contributed by atoms with Gasteiger partial charge in [0.25, 0.3) is 0 Å². The van der Waals surface area contributed by atoms with Crippen molar-refractivity contribution in [3.63, 3.8) is 0 Å². The number of nitrogens with zero attached hydrogens (tertiary/aromatic N) is 1. The molecule has 1 amide bonds. The Labute approximate surface area is 120 Å². The number of hydrogen-bond acceptors (Lipinski definition) is 3. The molecule has 7 heteroatoms. The highest BCUT2D eigenvalue weighted by Gasteiger charge is 2.51. The quantitative estimate of drug-likeness (QED) is 0.928. The van der Waals surface area contributed by atoms with Crippen LogP contribution in [0.3, 0.4) is 0 Å². The van der Waals surface area contributed by atoms with Crippen LogP contribution in [0.15, 0.2) is 30.3 Å². The Bertz CT molecular complexity index is 525. The van der Waals surface area contributed by atoms with Crippen LogP contribution in [-0.4, -0.2) is 47.0 Å². The monoisotopic (exact) mass is 299 g/mol. The summed E-state index contributed by atoms with van der Waals surface area (Å²) >= 11 is 0. The summed E-state index contributed by atoms with van der Waals surface area (Å²) in [5, 5.41) is 8.70. The number of aliphatic carboxylic acids is 1. The van der Waals surface area contributed by atoms with Gasteiger partial charge >= 0.3 is 12.1 Å². The third-order valence-electron chi connectivity index (χ3n) is 3.44. The zero-order valence-corrected chi connectivity index (χ0v) is 11.2. The Hall–Kier alpha value is -2.18. The number of likely N-dealkylation sites (tertiary alicyclic amines) is 1. The van der Waals surface area contributed by atoms with E-state index in [1.165, 1.54) is 0 Å². The number of amides is 1. The number of carboxylic acid groups (broad SMARTS) is 1. The Morgan fingerprint density at radius 2 is 2.05 bits per heavy atom. The Morgan fingerprint density at radius 1 is 1.38 bits per heavy atom. The van der Waals surface area contributed by atoms with Crippen LogP contribution in [0.5, 0.6) is 0 Å². The topological polar surface area (TPSA) is 66.8 Å². The summed E-state index contributed by atoms with van der Waals surface area (Å²) in [6.07, 6.45) is -3.65. The second-order valence-corrected chi connectivity index (χ2v) is 4.87. The average Bonchev–Trinajstić information content (AvgIpc) is 2.48. The maximum absolute atomic E-state index is 13.8. The van der Waals surface area contributed by atoms with Crippen LogP contribution in [0.2, 0.25) is 0 Å². The number of carbonyl (C=O) groups excluding carboxylic acids is 1. The minimum atomic E-state index is -2.93. The van der Waals surface area contributed by atoms with Crippen molar-refractivity contribution >= 4 is 12.1 Å². The summed E-state index contributed by atoms with van der Waals surface area (Å²) < 4.78 is 32.5. The normalized spacial score (nSPS) is 25.4. The van der Waals surface area contributed by atoms with E-state index >= 15 is 0 Å². The maximum atomic E-state index is 13.8. The molecule has 1 aromatic carbocycles. The number of benzene rings is 1. The fourth-order valence-electron chi connectivity index (χ4n) is 2.10. The summed E-state index contributed by atoms with van der Waals surface area (Å²) in [6, 6.07) is 8.91. The minimum absolute atomic E-state index is 0.0207. The molecular weight excluding hydrogens is 284 g/mol. The molecule has 1 N–H and O–H groups in total. The molecule has 0 radical (unpaired) electrons. The zero-order chi connectivity index (χ0) is 15.5. The van der Waals surface area contributed by atoms with Crippen LogP contribution in [-0.2, 0) is 16.1 Å². The average molecular weight is 299 g/mol. The van der Waals surface area contributed by atoms with E-state index in [0.717, 1.165) is 10.5 Å².